The summed E-state index contributed by atoms with van der Waals surface area (Å²) in [5.74, 6) is 0.447. The second kappa shape index (κ2) is 4.89. The van der Waals surface area contributed by atoms with Crippen LogP contribution in [-0.4, -0.2) is 15.2 Å². The van der Waals surface area contributed by atoms with Gasteiger partial charge in [-0.2, -0.15) is 0 Å². The fraction of sp³-hybridized carbons (Fsp3) is 0.0714. The Kier molecular flexibility index (Phi) is 2.94. The van der Waals surface area contributed by atoms with Crippen LogP contribution in [0.15, 0.2) is 53.2 Å². The molecule has 1 N–H and O–H groups in total. The van der Waals surface area contributed by atoms with Gasteiger partial charge in [0, 0.05) is 18.1 Å². The maximum absolute atomic E-state index is 5.53. The van der Waals surface area contributed by atoms with Crippen LogP contribution in [0.2, 0.25) is 0 Å². The highest BCUT2D eigenvalue weighted by molar-refractivity contribution is 5.55. The summed E-state index contributed by atoms with van der Waals surface area (Å²) in [7, 11) is 0. The zero-order valence-electron chi connectivity index (χ0n) is 10.4. The molecule has 0 amide bonds. The van der Waals surface area contributed by atoms with E-state index in [2.05, 4.69) is 20.5 Å². The van der Waals surface area contributed by atoms with Gasteiger partial charge in [-0.3, -0.25) is 4.98 Å². The number of anilines is 2. The van der Waals surface area contributed by atoms with E-state index in [-0.39, 0.29) is 0 Å². The van der Waals surface area contributed by atoms with Crippen molar-refractivity contribution in [2.75, 3.05) is 5.32 Å². The molecular weight excluding hydrogens is 240 g/mol. The first-order valence-electron chi connectivity index (χ1n) is 5.89. The van der Waals surface area contributed by atoms with Crippen LogP contribution in [0.1, 0.15) is 5.56 Å². The molecule has 0 fully saturated rings. The highest BCUT2D eigenvalue weighted by atomic mass is 16.4. The highest BCUT2D eigenvalue weighted by Crippen LogP contribution is 2.21. The molecule has 94 valence electrons. The van der Waals surface area contributed by atoms with E-state index in [4.69, 9.17) is 4.42 Å². The molecule has 0 aliphatic heterocycles. The van der Waals surface area contributed by atoms with E-state index >= 15 is 0 Å². The third-order valence-corrected chi connectivity index (χ3v) is 2.64. The summed E-state index contributed by atoms with van der Waals surface area (Å²) in [5, 5.41) is 11.0. The van der Waals surface area contributed by atoms with Gasteiger partial charge < -0.3 is 9.73 Å². The van der Waals surface area contributed by atoms with Gasteiger partial charge in [0.25, 0.3) is 5.89 Å². The number of pyridine rings is 1. The number of hydrogen-bond acceptors (Lipinski definition) is 5. The van der Waals surface area contributed by atoms with Gasteiger partial charge in [0.05, 0.1) is 5.56 Å². The average Bonchev–Trinajstić information content (AvgIpc) is 2.91. The molecule has 0 aliphatic carbocycles. The van der Waals surface area contributed by atoms with Crippen LogP contribution in [0.4, 0.5) is 11.7 Å². The van der Waals surface area contributed by atoms with Gasteiger partial charge in [0.1, 0.15) is 0 Å². The number of hydrogen-bond donors (Lipinski definition) is 1. The second-order valence-corrected chi connectivity index (χ2v) is 4.15. The minimum absolute atomic E-state index is 0.364. The van der Waals surface area contributed by atoms with Gasteiger partial charge in [-0.15, -0.1) is 5.10 Å². The van der Waals surface area contributed by atoms with Crippen LogP contribution in [0.3, 0.4) is 0 Å². The Bertz CT molecular complexity index is 661. The molecule has 1 aromatic carbocycles. The van der Waals surface area contributed by atoms with Crippen molar-refractivity contribution >= 4 is 11.7 Å². The van der Waals surface area contributed by atoms with Gasteiger partial charge in [-0.25, -0.2) is 0 Å². The first kappa shape index (κ1) is 11.4. The number of nitrogens with one attached hydrogen (secondary N) is 1. The minimum Gasteiger partial charge on any atom is -0.403 e. The van der Waals surface area contributed by atoms with Gasteiger partial charge in [-0.1, -0.05) is 22.8 Å². The van der Waals surface area contributed by atoms with Crippen molar-refractivity contribution in [1.82, 2.24) is 15.2 Å². The number of aryl methyl sites for hydroxylation is 1. The lowest BCUT2D eigenvalue weighted by molar-refractivity contribution is 0.587. The Morgan fingerprint density at radius 3 is 2.63 bits per heavy atom. The Hall–Kier alpha value is -2.69. The van der Waals surface area contributed by atoms with Crippen LogP contribution in [0, 0.1) is 6.92 Å². The van der Waals surface area contributed by atoms with Gasteiger partial charge in [0.2, 0.25) is 0 Å². The Balaban J connectivity index is 1.80. The number of aromatic nitrogens is 3. The molecule has 5 nitrogen and oxygen atoms in total. The molecule has 5 heteroatoms. The van der Waals surface area contributed by atoms with Crippen molar-refractivity contribution in [3.8, 4) is 11.5 Å². The minimum atomic E-state index is 0.364. The van der Waals surface area contributed by atoms with Crippen molar-refractivity contribution in [3.63, 3.8) is 0 Å². The SMILES string of the molecule is Cc1ccc(Nc2nnc(-c3cccnc3)o2)cc1. The quantitative estimate of drug-likeness (QED) is 0.775. The fourth-order valence-corrected chi connectivity index (χ4v) is 1.64. The lowest BCUT2D eigenvalue weighted by atomic mass is 10.2. The molecule has 0 saturated carbocycles. The summed E-state index contributed by atoms with van der Waals surface area (Å²) >= 11 is 0. The summed E-state index contributed by atoms with van der Waals surface area (Å²) in [6.07, 6.45) is 3.38. The van der Waals surface area contributed by atoms with Crippen LogP contribution >= 0.6 is 0 Å². The second-order valence-electron chi connectivity index (χ2n) is 4.15. The summed E-state index contributed by atoms with van der Waals surface area (Å²) < 4.78 is 5.53. The molecule has 3 aromatic rings. The number of rotatable bonds is 3. The van der Waals surface area contributed by atoms with E-state index in [1.54, 1.807) is 12.4 Å². The molecule has 0 saturated heterocycles. The average molecular weight is 252 g/mol. The maximum Gasteiger partial charge on any atom is 0.320 e. The maximum atomic E-state index is 5.53. The standard InChI is InChI=1S/C14H12N4O/c1-10-4-6-12(7-5-10)16-14-18-17-13(19-14)11-3-2-8-15-9-11/h2-9H,1H3,(H,16,18). The smallest absolute Gasteiger partial charge is 0.320 e. The monoisotopic (exact) mass is 252 g/mol. The predicted molar refractivity (Wildman–Crippen MR) is 72.0 cm³/mol. The lowest BCUT2D eigenvalue weighted by Gasteiger charge is -2.00. The normalized spacial score (nSPS) is 10.4. The van der Waals surface area contributed by atoms with E-state index in [0.29, 0.717) is 11.9 Å². The van der Waals surface area contributed by atoms with Crippen molar-refractivity contribution in [3.05, 3.63) is 54.4 Å². The van der Waals surface area contributed by atoms with E-state index in [1.807, 2.05) is 43.3 Å². The molecule has 0 aliphatic rings. The predicted octanol–water partition coefficient (Wildman–Crippen LogP) is 3.18. The molecular formula is C14H12N4O. The summed E-state index contributed by atoms with van der Waals surface area (Å²) in [4.78, 5) is 4.02. The van der Waals surface area contributed by atoms with Crippen molar-refractivity contribution < 1.29 is 4.42 Å². The van der Waals surface area contributed by atoms with Crippen molar-refractivity contribution in [2.45, 2.75) is 6.92 Å². The largest absolute Gasteiger partial charge is 0.403 e. The summed E-state index contributed by atoms with van der Waals surface area (Å²) in [6.45, 7) is 2.04. The number of benzene rings is 1. The molecule has 2 heterocycles. The topological polar surface area (TPSA) is 63.8 Å². The first-order chi connectivity index (χ1) is 9.31. The molecule has 0 unspecified atom stereocenters. The van der Waals surface area contributed by atoms with E-state index in [9.17, 15) is 0 Å². The lowest BCUT2D eigenvalue weighted by Crippen LogP contribution is -1.89. The Labute approximate surface area is 110 Å². The summed E-state index contributed by atoms with van der Waals surface area (Å²) in [6, 6.07) is 12.0. The molecule has 3 rings (SSSR count). The molecule has 2 aromatic heterocycles. The van der Waals surface area contributed by atoms with E-state index in [0.717, 1.165) is 11.3 Å². The molecule has 0 atom stereocenters. The molecule has 0 radical (unpaired) electrons. The van der Waals surface area contributed by atoms with Gasteiger partial charge in [-0.05, 0) is 31.2 Å². The van der Waals surface area contributed by atoms with Crippen molar-refractivity contribution in [1.29, 1.82) is 0 Å². The number of nitrogens with zero attached hydrogens (tertiary/aromatic N) is 3. The van der Waals surface area contributed by atoms with Crippen LogP contribution in [0.25, 0.3) is 11.5 Å². The van der Waals surface area contributed by atoms with Gasteiger partial charge >= 0.3 is 6.01 Å². The Morgan fingerprint density at radius 2 is 1.89 bits per heavy atom. The van der Waals surface area contributed by atoms with E-state index < -0.39 is 0 Å². The van der Waals surface area contributed by atoms with Crippen LogP contribution < -0.4 is 5.32 Å². The van der Waals surface area contributed by atoms with Crippen LogP contribution in [-0.2, 0) is 0 Å². The third-order valence-electron chi connectivity index (χ3n) is 2.64. The third kappa shape index (κ3) is 2.60. The Morgan fingerprint density at radius 1 is 1.05 bits per heavy atom. The van der Waals surface area contributed by atoms with Gasteiger partial charge in [0.15, 0.2) is 0 Å². The summed E-state index contributed by atoms with van der Waals surface area (Å²) in [5.41, 5.74) is 2.91. The first-order valence-corrected chi connectivity index (χ1v) is 5.89. The molecule has 0 spiro atoms. The van der Waals surface area contributed by atoms with Crippen LogP contribution in [0.5, 0.6) is 0 Å². The zero-order valence-corrected chi connectivity index (χ0v) is 10.4. The molecule has 19 heavy (non-hydrogen) atoms. The highest BCUT2D eigenvalue weighted by Gasteiger charge is 2.08. The fourth-order valence-electron chi connectivity index (χ4n) is 1.64. The van der Waals surface area contributed by atoms with E-state index in [1.165, 1.54) is 5.56 Å². The molecule has 0 bridgehead atoms. The zero-order chi connectivity index (χ0) is 13.1. The van der Waals surface area contributed by atoms with Crippen molar-refractivity contribution in [2.24, 2.45) is 0 Å².